The van der Waals surface area contributed by atoms with E-state index in [1.165, 1.54) is 24.3 Å². The quantitative estimate of drug-likeness (QED) is 0.188. The maximum atomic E-state index is 13.5. The van der Waals surface area contributed by atoms with E-state index >= 15 is 0 Å². The predicted molar refractivity (Wildman–Crippen MR) is 156 cm³/mol. The van der Waals surface area contributed by atoms with Crippen LogP contribution in [-0.4, -0.2) is 3.21 Å². The molecule has 4 aromatic rings. The number of halogens is 6. The van der Waals surface area contributed by atoms with E-state index in [1.807, 2.05) is 80.6 Å². The van der Waals surface area contributed by atoms with Gasteiger partial charge in [-0.2, -0.15) is 0 Å². The van der Waals surface area contributed by atoms with E-state index in [2.05, 4.69) is 0 Å². The normalized spacial score (nSPS) is 15.1. The molecule has 226 valence electrons. The average Bonchev–Trinajstić information content (AvgIpc) is 3.65. The van der Waals surface area contributed by atoms with E-state index in [0.717, 1.165) is 53.0 Å². The van der Waals surface area contributed by atoms with Crippen molar-refractivity contribution in [3.8, 4) is 22.6 Å². The first-order valence-electron chi connectivity index (χ1n) is 14.1. The van der Waals surface area contributed by atoms with Gasteiger partial charge < -0.3 is 0 Å². The first-order valence-corrected chi connectivity index (χ1v) is 20.0. The van der Waals surface area contributed by atoms with E-state index in [9.17, 15) is 26.3 Å². The first kappa shape index (κ1) is 30.3. The summed E-state index contributed by atoms with van der Waals surface area (Å²) in [6.07, 6.45) is -2.83. The molecule has 0 spiro atoms. The van der Waals surface area contributed by atoms with Gasteiger partial charge in [-0.1, -0.05) is 0 Å². The van der Waals surface area contributed by atoms with Crippen LogP contribution < -0.4 is 5.63 Å². The molecular weight excluding hydrogens is 658 g/mol. The molecule has 0 saturated carbocycles. The molecule has 2 aliphatic carbocycles. The Morgan fingerprint density at radius 2 is 1.07 bits per heavy atom. The third kappa shape index (κ3) is 4.80. The first-order chi connectivity index (χ1) is 20.8. The molecule has 2 nitrogen and oxygen atoms in total. The fourth-order valence-electron chi connectivity index (χ4n) is 6.68. The van der Waals surface area contributed by atoms with Crippen LogP contribution in [0.5, 0.6) is 11.5 Å². The molecule has 0 aromatic heterocycles. The molecule has 0 radical (unpaired) electrons. The Bertz CT molecular complexity index is 1750. The number of allylic oxidation sites excluding steroid dienone is 4. The molecule has 0 saturated heterocycles. The average molecular weight is 686 g/mol. The number of benzene rings is 4. The molecule has 0 heterocycles. The molecule has 2 aliphatic rings. The summed E-state index contributed by atoms with van der Waals surface area (Å²) in [6.45, 7) is 3.81. The van der Waals surface area contributed by atoms with E-state index in [-0.39, 0.29) is 11.5 Å². The summed E-state index contributed by atoms with van der Waals surface area (Å²) >= 11 is -5.92. The Morgan fingerprint density at radius 1 is 0.636 bits per heavy atom. The fourth-order valence-corrected chi connectivity index (χ4v) is 22.2. The molecule has 0 N–H and O–H groups in total. The van der Waals surface area contributed by atoms with Crippen molar-refractivity contribution in [3.63, 3.8) is 0 Å². The molecule has 6 rings (SSSR count). The second-order valence-corrected chi connectivity index (χ2v) is 23.4. The van der Waals surface area contributed by atoms with Crippen LogP contribution in [0.3, 0.4) is 0 Å². The summed E-state index contributed by atoms with van der Waals surface area (Å²) in [7, 11) is 0. The summed E-state index contributed by atoms with van der Waals surface area (Å²) < 4.78 is 96.9. The summed E-state index contributed by atoms with van der Waals surface area (Å²) in [5, 5.41) is 0. The van der Waals surface area contributed by atoms with E-state index in [4.69, 9.17) is 5.63 Å². The Labute approximate surface area is 253 Å². The second kappa shape index (κ2) is 10.7. The predicted octanol–water partition coefficient (Wildman–Crippen LogP) is 10.5. The standard InChI is InChI=1S/C13H9.2C7H5F3O.C5H5.C3H6.Zr/c1-3-7-12-10(5-1)9-11-6-2-4-8-13(11)12;2*8-7(9,10)5-1-3-6(11)4-2-5;1-2-4-5-3-1;1-3-2;/h1-9H;2*1-4,11H;1-3H,4H2;1-2H3;/q;;;;;+2/p-2. The summed E-state index contributed by atoms with van der Waals surface area (Å²) in [5.41, 5.74) is 2.19. The van der Waals surface area contributed by atoms with E-state index in [0.29, 0.717) is 6.42 Å². The van der Waals surface area contributed by atoms with Crippen molar-refractivity contribution in [2.24, 2.45) is 0 Å². The van der Waals surface area contributed by atoms with Crippen molar-refractivity contribution in [2.45, 2.75) is 36.2 Å². The van der Waals surface area contributed by atoms with Gasteiger partial charge in [-0.3, -0.25) is 0 Å². The van der Waals surface area contributed by atoms with Crippen LogP contribution in [0, 0.1) is 0 Å². The van der Waals surface area contributed by atoms with Crippen LogP contribution >= 0.6 is 0 Å². The van der Waals surface area contributed by atoms with Gasteiger partial charge in [0.25, 0.3) is 0 Å². The van der Waals surface area contributed by atoms with Crippen molar-refractivity contribution in [3.05, 3.63) is 141 Å². The van der Waals surface area contributed by atoms with Crippen LogP contribution in [0.2, 0.25) is 0 Å². The zero-order chi connectivity index (χ0) is 31.4. The molecular formula is C35H28F6O2Zr. The van der Waals surface area contributed by atoms with Gasteiger partial charge in [0.05, 0.1) is 0 Å². The number of fused-ring (bicyclic) bond motifs is 3. The SMILES string of the molecule is C[C](C)=[Zr]([O]c1ccc(C(F)(F)F)cc1)([O]c1ccc(C(F)(F)F)cc1)([C]1=CC=CC1)[CH]1c2ccccc2-c2ccccc21. The summed E-state index contributed by atoms with van der Waals surface area (Å²) in [6, 6.07) is 24.8. The van der Waals surface area contributed by atoms with E-state index in [1.54, 1.807) is 0 Å². The van der Waals surface area contributed by atoms with Crippen molar-refractivity contribution >= 4 is 3.21 Å². The molecule has 0 bridgehead atoms. The molecule has 44 heavy (non-hydrogen) atoms. The van der Waals surface area contributed by atoms with Gasteiger partial charge in [-0.05, 0) is 0 Å². The number of alkyl halides is 6. The second-order valence-electron chi connectivity index (χ2n) is 11.3. The van der Waals surface area contributed by atoms with Gasteiger partial charge in [0.1, 0.15) is 0 Å². The molecule has 0 aliphatic heterocycles. The van der Waals surface area contributed by atoms with Gasteiger partial charge in [-0.25, -0.2) is 0 Å². The van der Waals surface area contributed by atoms with Crippen molar-refractivity contribution < 1.29 is 51.1 Å². The van der Waals surface area contributed by atoms with Gasteiger partial charge in [0, 0.05) is 0 Å². The maximum absolute atomic E-state index is 13.5. The third-order valence-corrected chi connectivity index (χ3v) is 24.5. The van der Waals surface area contributed by atoms with Crippen LogP contribution in [-0.2, 0) is 31.5 Å². The van der Waals surface area contributed by atoms with Crippen molar-refractivity contribution in [1.82, 2.24) is 0 Å². The van der Waals surface area contributed by atoms with Crippen molar-refractivity contribution in [2.75, 3.05) is 0 Å². The number of rotatable bonds is 6. The molecule has 0 unspecified atom stereocenters. The number of hydrogen-bond donors (Lipinski definition) is 0. The molecule has 0 fully saturated rings. The van der Waals surface area contributed by atoms with Gasteiger partial charge in [0.15, 0.2) is 0 Å². The topological polar surface area (TPSA) is 18.5 Å². The fraction of sp³-hybridized carbons (Fsp3) is 0.171. The van der Waals surface area contributed by atoms with Crippen LogP contribution in [0.4, 0.5) is 26.3 Å². The zero-order valence-electron chi connectivity index (χ0n) is 23.8. The Morgan fingerprint density at radius 3 is 1.43 bits per heavy atom. The van der Waals surface area contributed by atoms with Gasteiger partial charge in [-0.15, -0.1) is 0 Å². The number of hydrogen-bond acceptors (Lipinski definition) is 2. The Balaban J connectivity index is 1.69. The molecule has 0 amide bonds. The van der Waals surface area contributed by atoms with Gasteiger partial charge in [0.2, 0.25) is 0 Å². The van der Waals surface area contributed by atoms with Crippen LogP contribution in [0.25, 0.3) is 11.1 Å². The zero-order valence-corrected chi connectivity index (χ0v) is 26.3. The Kier molecular flexibility index (Phi) is 7.39. The van der Waals surface area contributed by atoms with Crippen molar-refractivity contribution in [1.29, 1.82) is 0 Å². The molecule has 4 aromatic carbocycles. The molecule has 0 atom stereocenters. The molecule has 9 heteroatoms. The van der Waals surface area contributed by atoms with Crippen LogP contribution in [0.15, 0.2) is 119 Å². The monoisotopic (exact) mass is 684 g/mol. The van der Waals surface area contributed by atoms with Crippen LogP contribution in [0.1, 0.15) is 46.1 Å². The minimum absolute atomic E-state index is 0.186. The van der Waals surface area contributed by atoms with Gasteiger partial charge >= 0.3 is 254 Å². The summed E-state index contributed by atoms with van der Waals surface area (Å²) in [4.78, 5) is 0. The third-order valence-electron chi connectivity index (χ3n) is 8.69. The van der Waals surface area contributed by atoms with E-state index < -0.39 is 46.3 Å². The Hall–Kier alpha value is -3.71. The minimum atomic E-state index is -5.92. The summed E-state index contributed by atoms with van der Waals surface area (Å²) in [5.74, 6) is 0.373.